The van der Waals surface area contributed by atoms with Crippen molar-refractivity contribution in [2.45, 2.75) is 13.8 Å². The number of nitrogens with zero attached hydrogens (tertiary/aromatic N) is 1. The van der Waals surface area contributed by atoms with Crippen molar-refractivity contribution in [3.63, 3.8) is 0 Å². The van der Waals surface area contributed by atoms with Gasteiger partial charge in [-0.3, -0.25) is 9.59 Å². The Morgan fingerprint density at radius 2 is 1.74 bits per heavy atom. The normalized spacial score (nSPS) is 22.4. The first-order valence-electron chi connectivity index (χ1n) is 6.14. The summed E-state index contributed by atoms with van der Waals surface area (Å²) in [5, 5.41) is 8.75. The summed E-state index contributed by atoms with van der Waals surface area (Å²) in [5.41, 5.74) is 1.06. The van der Waals surface area contributed by atoms with Crippen LogP contribution in [0.5, 0.6) is 0 Å². The number of para-hydroxylation sites is 1. The van der Waals surface area contributed by atoms with Crippen molar-refractivity contribution >= 4 is 17.5 Å². The second kappa shape index (κ2) is 5.25. The largest absolute Gasteiger partial charge is 0.384 e. The van der Waals surface area contributed by atoms with E-state index in [0.29, 0.717) is 11.3 Å². The molecule has 0 aliphatic carbocycles. The van der Waals surface area contributed by atoms with Gasteiger partial charge in [0, 0.05) is 17.4 Å². The van der Waals surface area contributed by atoms with Crippen LogP contribution in [-0.2, 0) is 9.59 Å². The number of hydrogen-bond donors (Lipinski definition) is 1. The molecule has 1 aliphatic heterocycles. The van der Waals surface area contributed by atoms with Gasteiger partial charge in [0.05, 0.1) is 5.69 Å². The molecule has 0 spiro atoms. The summed E-state index contributed by atoms with van der Waals surface area (Å²) < 4.78 is 0. The molecule has 2 atom stereocenters. The third-order valence-electron chi connectivity index (χ3n) is 3.42. The van der Waals surface area contributed by atoms with E-state index in [1.165, 1.54) is 4.90 Å². The molecule has 1 N–H and O–H groups in total. The van der Waals surface area contributed by atoms with E-state index < -0.39 is 0 Å². The lowest BCUT2D eigenvalue weighted by molar-refractivity contribution is -0.122. The smallest absolute Gasteiger partial charge is 0.237 e. The number of aliphatic hydroxyl groups excluding tert-OH is 1. The monoisotopic (exact) mass is 257 g/mol. The maximum atomic E-state index is 12.2. The third kappa shape index (κ3) is 2.25. The molecule has 1 saturated heterocycles. The van der Waals surface area contributed by atoms with Gasteiger partial charge in [0.2, 0.25) is 11.8 Å². The van der Waals surface area contributed by atoms with Gasteiger partial charge in [0.15, 0.2) is 0 Å². The summed E-state index contributed by atoms with van der Waals surface area (Å²) in [7, 11) is 0. The maximum absolute atomic E-state index is 12.2. The third-order valence-corrected chi connectivity index (χ3v) is 3.42. The Balaban J connectivity index is 2.48. The zero-order chi connectivity index (χ0) is 14.0. The Bertz CT molecular complexity index is 563. The Labute approximate surface area is 112 Å². The lowest BCUT2D eigenvalue weighted by atomic mass is 10.00. The summed E-state index contributed by atoms with van der Waals surface area (Å²) >= 11 is 0. The second-order valence-corrected chi connectivity index (χ2v) is 4.57. The lowest BCUT2D eigenvalue weighted by Gasteiger charge is -2.16. The molecule has 0 radical (unpaired) electrons. The van der Waals surface area contributed by atoms with Crippen LogP contribution in [0.25, 0.3) is 0 Å². The Hall–Kier alpha value is -2.12. The molecule has 98 valence electrons. The Morgan fingerprint density at radius 3 is 2.32 bits per heavy atom. The van der Waals surface area contributed by atoms with Gasteiger partial charge in [-0.2, -0.15) is 0 Å². The molecule has 2 unspecified atom stereocenters. The summed E-state index contributed by atoms with van der Waals surface area (Å²) in [4.78, 5) is 25.5. The molecule has 0 saturated carbocycles. The van der Waals surface area contributed by atoms with Crippen molar-refractivity contribution < 1.29 is 14.7 Å². The zero-order valence-electron chi connectivity index (χ0n) is 10.9. The number of aliphatic hydroxyl groups is 1. The first kappa shape index (κ1) is 13.3. The number of benzene rings is 1. The summed E-state index contributed by atoms with van der Waals surface area (Å²) in [5.74, 6) is 4.28. The van der Waals surface area contributed by atoms with E-state index in [4.69, 9.17) is 5.11 Å². The minimum atomic E-state index is -0.314. The van der Waals surface area contributed by atoms with Crippen LogP contribution < -0.4 is 4.90 Å². The molecule has 2 rings (SSSR count). The van der Waals surface area contributed by atoms with Gasteiger partial charge in [-0.25, -0.2) is 4.90 Å². The van der Waals surface area contributed by atoms with Crippen LogP contribution in [0.2, 0.25) is 0 Å². The predicted molar refractivity (Wildman–Crippen MR) is 71.2 cm³/mol. The van der Waals surface area contributed by atoms with Gasteiger partial charge < -0.3 is 5.11 Å². The number of amides is 2. The van der Waals surface area contributed by atoms with Gasteiger partial charge in [-0.05, 0) is 12.1 Å². The van der Waals surface area contributed by atoms with Crippen molar-refractivity contribution in [2.24, 2.45) is 11.8 Å². The minimum Gasteiger partial charge on any atom is -0.384 e. The first-order valence-corrected chi connectivity index (χ1v) is 6.14. The van der Waals surface area contributed by atoms with Crippen molar-refractivity contribution in [3.8, 4) is 11.8 Å². The standard InChI is InChI=1S/C15H15NO3/c1-10-11(2)15(19)16(14(10)18)13-8-4-3-6-12(13)7-5-9-17/h3-4,6,8,10-11,17H,9H2,1-2H3. The highest BCUT2D eigenvalue weighted by molar-refractivity contribution is 6.22. The topological polar surface area (TPSA) is 57.6 Å². The number of anilines is 1. The van der Waals surface area contributed by atoms with E-state index in [1.54, 1.807) is 38.1 Å². The van der Waals surface area contributed by atoms with E-state index in [2.05, 4.69) is 11.8 Å². The molecular formula is C15H15NO3. The molecule has 0 aromatic heterocycles. The van der Waals surface area contributed by atoms with Crippen LogP contribution in [-0.4, -0.2) is 23.5 Å². The SMILES string of the molecule is CC1C(=O)N(c2ccccc2C#CCO)C(=O)C1C. The maximum Gasteiger partial charge on any atom is 0.237 e. The molecule has 1 aromatic carbocycles. The fourth-order valence-corrected chi connectivity index (χ4v) is 2.09. The van der Waals surface area contributed by atoms with E-state index in [1.807, 2.05) is 0 Å². The molecule has 1 aromatic rings. The average molecular weight is 257 g/mol. The molecule has 19 heavy (non-hydrogen) atoms. The number of imide groups is 1. The number of carbonyl (C=O) groups is 2. The fraction of sp³-hybridized carbons (Fsp3) is 0.333. The molecule has 0 bridgehead atoms. The van der Waals surface area contributed by atoms with Gasteiger partial charge in [0.25, 0.3) is 0 Å². The molecule has 1 heterocycles. The molecular weight excluding hydrogens is 242 g/mol. The summed E-state index contributed by atoms with van der Waals surface area (Å²) in [6.45, 7) is 3.25. The van der Waals surface area contributed by atoms with Gasteiger partial charge in [-0.15, -0.1) is 0 Å². The van der Waals surface area contributed by atoms with Crippen LogP contribution in [0.3, 0.4) is 0 Å². The highest BCUT2D eigenvalue weighted by Crippen LogP contribution is 2.32. The van der Waals surface area contributed by atoms with Crippen LogP contribution in [0.1, 0.15) is 19.4 Å². The van der Waals surface area contributed by atoms with Gasteiger partial charge >= 0.3 is 0 Å². The molecule has 4 nitrogen and oxygen atoms in total. The highest BCUT2D eigenvalue weighted by atomic mass is 16.2. The fourth-order valence-electron chi connectivity index (χ4n) is 2.09. The van der Waals surface area contributed by atoms with Crippen LogP contribution in [0, 0.1) is 23.7 Å². The average Bonchev–Trinajstić information content (AvgIpc) is 2.61. The predicted octanol–water partition coefficient (Wildman–Crippen LogP) is 1.18. The lowest BCUT2D eigenvalue weighted by Crippen LogP contribution is -2.31. The molecule has 1 fully saturated rings. The minimum absolute atomic E-state index is 0.198. The van der Waals surface area contributed by atoms with E-state index in [0.717, 1.165) is 0 Å². The van der Waals surface area contributed by atoms with E-state index >= 15 is 0 Å². The summed E-state index contributed by atoms with van der Waals surface area (Å²) in [6, 6.07) is 6.96. The quantitative estimate of drug-likeness (QED) is 0.607. The Kier molecular flexibility index (Phi) is 3.68. The number of rotatable bonds is 1. The molecule has 4 heteroatoms. The van der Waals surface area contributed by atoms with Crippen molar-refractivity contribution in [3.05, 3.63) is 29.8 Å². The number of hydrogen-bond acceptors (Lipinski definition) is 3. The van der Waals surface area contributed by atoms with E-state index in [9.17, 15) is 9.59 Å². The van der Waals surface area contributed by atoms with Crippen LogP contribution in [0.15, 0.2) is 24.3 Å². The molecule has 1 aliphatic rings. The van der Waals surface area contributed by atoms with Crippen molar-refractivity contribution in [1.82, 2.24) is 0 Å². The van der Waals surface area contributed by atoms with Crippen LogP contribution in [0.4, 0.5) is 5.69 Å². The van der Waals surface area contributed by atoms with Crippen LogP contribution >= 0.6 is 0 Å². The Morgan fingerprint density at radius 1 is 1.16 bits per heavy atom. The summed E-state index contributed by atoms with van der Waals surface area (Å²) in [6.07, 6.45) is 0. The molecule has 2 amide bonds. The van der Waals surface area contributed by atoms with E-state index in [-0.39, 0.29) is 30.3 Å². The second-order valence-electron chi connectivity index (χ2n) is 4.57. The van der Waals surface area contributed by atoms with Crippen molar-refractivity contribution in [1.29, 1.82) is 0 Å². The highest BCUT2D eigenvalue weighted by Gasteiger charge is 2.43. The zero-order valence-corrected chi connectivity index (χ0v) is 10.9. The van der Waals surface area contributed by atoms with Gasteiger partial charge in [0.1, 0.15) is 6.61 Å². The van der Waals surface area contributed by atoms with Crippen molar-refractivity contribution in [2.75, 3.05) is 11.5 Å². The van der Waals surface area contributed by atoms with Gasteiger partial charge in [-0.1, -0.05) is 37.8 Å². The first-order chi connectivity index (χ1) is 9.07. The number of carbonyl (C=O) groups excluding carboxylic acids is 2.